The number of pyridine rings is 1. The van der Waals surface area contributed by atoms with E-state index in [-0.39, 0.29) is 5.56 Å². The highest BCUT2D eigenvalue weighted by atomic mass is 19.4. The number of methoxy groups -OCH3 is 1. The Morgan fingerprint density at radius 1 is 1.44 bits per heavy atom. The van der Waals surface area contributed by atoms with Crippen LogP contribution in [0.2, 0.25) is 0 Å². The summed E-state index contributed by atoms with van der Waals surface area (Å²) in [5.74, 6) is -0.753. The summed E-state index contributed by atoms with van der Waals surface area (Å²) in [6.07, 6.45) is -7.98. The Morgan fingerprint density at radius 2 is 2.06 bits per heavy atom. The zero-order valence-corrected chi connectivity index (χ0v) is 9.09. The highest BCUT2D eigenvalue weighted by Crippen LogP contribution is 2.35. The molecule has 0 saturated carbocycles. The lowest BCUT2D eigenvalue weighted by Crippen LogP contribution is -2.14. The Hall–Kier alpha value is -1.73. The van der Waals surface area contributed by atoms with Crippen LogP contribution in [-0.2, 0) is 22.1 Å². The van der Waals surface area contributed by atoms with Crippen LogP contribution < -0.4 is 0 Å². The third-order valence-corrected chi connectivity index (χ3v) is 2.05. The number of hydrogen-bond donors (Lipinski definition) is 0. The molecule has 0 spiro atoms. The van der Waals surface area contributed by atoms with Crippen molar-refractivity contribution in [1.82, 2.24) is 4.98 Å². The molecule has 0 N–H and O–H groups in total. The fraction of sp³-hybridized carbons (Fsp3) is 0.400. The molecule has 0 amide bonds. The quantitative estimate of drug-likeness (QED) is 0.625. The number of halogens is 5. The maximum absolute atomic E-state index is 12.5. The molecular formula is C10H8F5NO2. The Labute approximate surface area is 98.6 Å². The number of rotatable bonds is 3. The monoisotopic (exact) mass is 269 g/mol. The van der Waals surface area contributed by atoms with Gasteiger partial charge in [0.15, 0.2) is 5.69 Å². The van der Waals surface area contributed by atoms with E-state index in [0.717, 1.165) is 13.3 Å². The highest BCUT2D eigenvalue weighted by molar-refractivity contribution is 5.72. The van der Waals surface area contributed by atoms with Crippen molar-refractivity contribution < 1.29 is 31.5 Å². The van der Waals surface area contributed by atoms with Crippen LogP contribution in [0.4, 0.5) is 22.0 Å². The average molecular weight is 269 g/mol. The van der Waals surface area contributed by atoms with E-state index in [1.165, 1.54) is 0 Å². The summed E-state index contributed by atoms with van der Waals surface area (Å²) in [6, 6.07) is 0.609. The minimum atomic E-state index is -4.96. The van der Waals surface area contributed by atoms with Gasteiger partial charge in [-0.1, -0.05) is 0 Å². The number of carbonyl (C=O) groups is 1. The summed E-state index contributed by atoms with van der Waals surface area (Å²) >= 11 is 0. The van der Waals surface area contributed by atoms with Gasteiger partial charge in [0.2, 0.25) is 0 Å². The zero-order valence-electron chi connectivity index (χ0n) is 9.09. The lowest BCUT2D eigenvalue weighted by molar-refractivity contribution is -0.143. The number of esters is 1. The minimum absolute atomic E-state index is 0.0647. The summed E-state index contributed by atoms with van der Waals surface area (Å²) in [4.78, 5) is 13.8. The number of aromatic nitrogens is 1. The van der Waals surface area contributed by atoms with Crippen molar-refractivity contribution in [3.05, 3.63) is 29.1 Å². The minimum Gasteiger partial charge on any atom is -0.469 e. The highest BCUT2D eigenvalue weighted by Gasteiger charge is 2.37. The van der Waals surface area contributed by atoms with Gasteiger partial charge in [-0.15, -0.1) is 0 Å². The van der Waals surface area contributed by atoms with E-state index in [1.807, 2.05) is 0 Å². The van der Waals surface area contributed by atoms with E-state index in [9.17, 15) is 26.7 Å². The molecule has 1 heterocycles. The molecule has 0 aliphatic rings. The molecule has 8 heteroatoms. The molecule has 0 aliphatic carbocycles. The number of alkyl halides is 5. The standard InChI is InChI=1S/C10H8F5NO2/c1-18-7(17)3-5-2-6(9(11)12)8(16-4-5)10(13,14)15/h2,4,9H,3H2,1H3. The van der Waals surface area contributed by atoms with Crippen LogP contribution in [0.25, 0.3) is 0 Å². The second-order valence-corrected chi connectivity index (χ2v) is 3.33. The molecule has 0 bridgehead atoms. The van der Waals surface area contributed by atoms with Gasteiger partial charge in [0.05, 0.1) is 13.5 Å². The normalized spacial score (nSPS) is 11.7. The maximum atomic E-state index is 12.5. The van der Waals surface area contributed by atoms with Crippen LogP contribution >= 0.6 is 0 Å². The van der Waals surface area contributed by atoms with Gasteiger partial charge in [0, 0.05) is 11.8 Å². The molecule has 0 radical (unpaired) electrons. The first-order chi connectivity index (χ1) is 8.25. The molecule has 0 atom stereocenters. The van der Waals surface area contributed by atoms with Crippen molar-refractivity contribution in [3.8, 4) is 0 Å². The first-order valence-corrected chi connectivity index (χ1v) is 4.66. The summed E-state index contributed by atoms with van der Waals surface area (Å²) in [5, 5.41) is 0. The molecule has 1 rings (SSSR count). The fourth-order valence-electron chi connectivity index (χ4n) is 1.27. The SMILES string of the molecule is COC(=O)Cc1cnc(C(F)(F)F)c(C(F)F)c1. The van der Waals surface area contributed by atoms with Crippen molar-refractivity contribution >= 4 is 5.97 Å². The Bertz CT molecular complexity index is 444. The van der Waals surface area contributed by atoms with Crippen LogP contribution in [-0.4, -0.2) is 18.1 Å². The maximum Gasteiger partial charge on any atom is 0.433 e. The van der Waals surface area contributed by atoms with Crippen molar-refractivity contribution in [2.75, 3.05) is 7.11 Å². The van der Waals surface area contributed by atoms with Gasteiger partial charge in [-0.2, -0.15) is 13.2 Å². The van der Waals surface area contributed by atoms with Gasteiger partial charge >= 0.3 is 12.1 Å². The zero-order chi connectivity index (χ0) is 13.9. The topological polar surface area (TPSA) is 39.2 Å². The number of hydrogen-bond acceptors (Lipinski definition) is 3. The van der Waals surface area contributed by atoms with E-state index in [1.54, 1.807) is 0 Å². The van der Waals surface area contributed by atoms with E-state index in [4.69, 9.17) is 0 Å². The second kappa shape index (κ2) is 5.28. The molecule has 0 aromatic carbocycles. The molecule has 0 fully saturated rings. The molecule has 0 saturated heterocycles. The van der Waals surface area contributed by atoms with Gasteiger partial charge in [-0.25, -0.2) is 8.78 Å². The Morgan fingerprint density at radius 3 is 2.50 bits per heavy atom. The molecule has 18 heavy (non-hydrogen) atoms. The van der Waals surface area contributed by atoms with E-state index < -0.39 is 36.2 Å². The van der Waals surface area contributed by atoms with Crippen molar-refractivity contribution in [2.45, 2.75) is 19.0 Å². The summed E-state index contributed by atoms with van der Waals surface area (Å²) in [6.45, 7) is 0. The predicted molar refractivity (Wildman–Crippen MR) is 49.9 cm³/mol. The van der Waals surface area contributed by atoms with E-state index in [2.05, 4.69) is 9.72 Å². The number of ether oxygens (including phenoxy) is 1. The fourth-order valence-corrected chi connectivity index (χ4v) is 1.27. The van der Waals surface area contributed by atoms with Crippen LogP contribution in [0.5, 0.6) is 0 Å². The molecular weight excluding hydrogens is 261 g/mol. The molecule has 0 unspecified atom stereocenters. The first-order valence-electron chi connectivity index (χ1n) is 4.66. The molecule has 100 valence electrons. The molecule has 3 nitrogen and oxygen atoms in total. The largest absolute Gasteiger partial charge is 0.469 e. The first kappa shape index (κ1) is 14.3. The third-order valence-electron chi connectivity index (χ3n) is 2.05. The number of nitrogens with zero attached hydrogens (tertiary/aromatic N) is 1. The number of carbonyl (C=O) groups excluding carboxylic acids is 1. The van der Waals surface area contributed by atoms with Crippen molar-refractivity contribution in [2.24, 2.45) is 0 Å². The van der Waals surface area contributed by atoms with Gasteiger partial charge in [-0.3, -0.25) is 9.78 Å². The van der Waals surface area contributed by atoms with Gasteiger partial charge < -0.3 is 4.74 Å². The van der Waals surface area contributed by atoms with Crippen molar-refractivity contribution in [1.29, 1.82) is 0 Å². The van der Waals surface area contributed by atoms with Crippen LogP contribution in [0.15, 0.2) is 12.3 Å². The van der Waals surface area contributed by atoms with Gasteiger partial charge in [0.25, 0.3) is 6.43 Å². The summed E-state index contributed by atoms with van der Waals surface area (Å²) < 4.78 is 66.4. The molecule has 1 aromatic heterocycles. The third kappa shape index (κ3) is 3.38. The van der Waals surface area contributed by atoms with Crippen LogP contribution in [0.1, 0.15) is 23.2 Å². The molecule has 1 aromatic rings. The van der Waals surface area contributed by atoms with Gasteiger partial charge in [-0.05, 0) is 11.6 Å². The smallest absolute Gasteiger partial charge is 0.433 e. The Kier molecular flexibility index (Phi) is 4.20. The summed E-state index contributed by atoms with van der Waals surface area (Å²) in [7, 11) is 1.08. The summed E-state index contributed by atoms with van der Waals surface area (Å²) in [5.41, 5.74) is -2.96. The second-order valence-electron chi connectivity index (χ2n) is 3.33. The van der Waals surface area contributed by atoms with Crippen LogP contribution in [0, 0.1) is 0 Å². The van der Waals surface area contributed by atoms with E-state index in [0.29, 0.717) is 6.07 Å². The van der Waals surface area contributed by atoms with Crippen LogP contribution in [0.3, 0.4) is 0 Å². The Balaban J connectivity index is 3.16. The van der Waals surface area contributed by atoms with Crippen molar-refractivity contribution in [3.63, 3.8) is 0 Å². The van der Waals surface area contributed by atoms with Gasteiger partial charge in [0.1, 0.15) is 0 Å². The van der Waals surface area contributed by atoms with E-state index >= 15 is 0 Å². The average Bonchev–Trinajstić information content (AvgIpc) is 2.27. The lowest BCUT2D eigenvalue weighted by atomic mass is 10.1. The lowest BCUT2D eigenvalue weighted by Gasteiger charge is -2.12. The predicted octanol–water partition coefficient (Wildman–Crippen LogP) is 2.75. The molecule has 0 aliphatic heterocycles.